The molecule has 2 aromatic carbocycles. The molecule has 0 radical (unpaired) electrons. The summed E-state index contributed by atoms with van der Waals surface area (Å²) in [5.41, 5.74) is 3.09. The van der Waals surface area contributed by atoms with Gasteiger partial charge in [-0.05, 0) is 25.2 Å². The average molecular weight is 480 g/mol. The van der Waals surface area contributed by atoms with E-state index in [9.17, 15) is 9.18 Å². The second-order valence-electron chi connectivity index (χ2n) is 8.49. The number of hydrogen-bond acceptors (Lipinski definition) is 7. The monoisotopic (exact) mass is 479 g/mol. The van der Waals surface area contributed by atoms with Gasteiger partial charge in [-0.2, -0.15) is 5.10 Å². The maximum absolute atomic E-state index is 14.6. The van der Waals surface area contributed by atoms with Crippen LogP contribution in [0.1, 0.15) is 10.4 Å². The first kappa shape index (κ1) is 23.0. The van der Waals surface area contributed by atoms with Crippen molar-refractivity contribution in [2.45, 2.75) is 0 Å². The number of aromatic amines is 1. The van der Waals surface area contributed by atoms with Crippen molar-refractivity contribution >= 4 is 16.8 Å². The number of fused-ring (bicyclic) bond motifs is 1. The summed E-state index contributed by atoms with van der Waals surface area (Å²) in [4.78, 5) is 16.9. The van der Waals surface area contributed by atoms with Gasteiger partial charge in [0.2, 0.25) is 0 Å². The predicted molar refractivity (Wildman–Crippen MR) is 128 cm³/mol. The smallest absolute Gasteiger partial charge is 0.253 e. The molecule has 10 heteroatoms. The minimum absolute atomic E-state index is 0.0288. The molecular weight excluding hydrogens is 453 g/mol. The fourth-order valence-electron chi connectivity index (χ4n) is 4.05. The van der Waals surface area contributed by atoms with Gasteiger partial charge in [-0.25, -0.2) is 4.39 Å². The Kier molecular flexibility index (Phi) is 6.47. The number of H-pyrrole nitrogens is 1. The topological polar surface area (TPSA) is 96.7 Å². The fraction of sp³-hybridized carbons (Fsp3) is 0.320. The number of carbonyl (C=O) groups excluding carboxylic acids is 1. The summed E-state index contributed by atoms with van der Waals surface area (Å²) in [6.45, 7) is 3.80. The highest BCUT2D eigenvalue weighted by Gasteiger charge is 2.21. The molecule has 4 aromatic rings. The molecular formula is C25H26FN5O4. The van der Waals surface area contributed by atoms with Gasteiger partial charge in [-0.1, -0.05) is 17.3 Å². The molecule has 0 spiro atoms. The van der Waals surface area contributed by atoms with Crippen LogP contribution in [0.4, 0.5) is 4.39 Å². The van der Waals surface area contributed by atoms with Gasteiger partial charge in [0.1, 0.15) is 18.0 Å². The third-order valence-electron chi connectivity index (χ3n) is 6.12. The third-order valence-corrected chi connectivity index (χ3v) is 6.12. The lowest BCUT2D eigenvalue weighted by molar-refractivity contribution is 0.0664. The molecule has 1 saturated heterocycles. The number of nitrogens with zero attached hydrogens (tertiary/aromatic N) is 4. The summed E-state index contributed by atoms with van der Waals surface area (Å²) in [7, 11) is 3.61. The molecule has 182 valence electrons. The SMILES string of the molecule is COCCOc1cc2[nH]nc(-c3cc(-c4ccc(C(=O)N5CCN(C)CC5)cc4)no3)c2cc1F. The molecule has 3 heterocycles. The van der Waals surface area contributed by atoms with Crippen LogP contribution in [0.3, 0.4) is 0 Å². The lowest BCUT2D eigenvalue weighted by Gasteiger charge is -2.32. The molecule has 1 amide bonds. The summed E-state index contributed by atoms with van der Waals surface area (Å²) < 4.78 is 30.4. The van der Waals surface area contributed by atoms with E-state index in [-0.39, 0.29) is 18.3 Å². The molecule has 1 aliphatic rings. The Hall–Kier alpha value is -3.76. The Morgan fingerprint density at radius 3 is 2.63 bits per heavy atom. The summed E-state index contributed by atoms with van der Waals surface area (Å²) in [5.74, 6) is 0.0446. The zero-order valence-corrected chi connectivity index (χ0v) is 19.6. The number of hydrogen-bond donors (Lipinski definition) is 1. The van der Waals surface area contributed by atoms with E-state index in [2.05, 4.69) is 27.3 Å². The molecule has 35 heavy (non-hydrogen) atoms. The van der Waals surface area contributed by atoms with Crippen LogP contribution in [0, 0.1) is 5.82 Å². The molecule has 1 aliphatic heterocycles. The van der Waals surface area contributed by atoms with Gasteiger partial charge in [0.15, 0.2) is 17.3 Å². The van der Waals surface area contributed by atoms with Crippen LogP contribution in [-0.4, -0.2) is 84.6 Å². The predicted octanol–water partition coefficient (Wildman–Crippen LogP) is 3.44. The summed E-state index contributed by atoms with van der Waals surface area (Å²) in [6.07, 6.45) is 0. The maximum atomic E-state index is 14.6. The number of likely N-dealkylation sites (N-methyl/N-ethyl adjacent to an activating group) is 1. The van der Waals surface area contributed by atoms with E-state index in [4.69, 9.17) is 14.0 Å². The van der Waals surface area contributed by atoms with Crippen LogP contribution in [0.25, 0.3) is 33.6 Å². The van der Waals surface area contributed by atoms with Crippen molar-refractivity contribution in [3.63, 3.8) is 0 Å². The zero-order chi connectivity index (χ0) is 24.4. The molecule has 2 aromatic heterocycles. The van der Waals surface area contributed by atoms with E-state index in [0.29, 0.717) is 40.2 Å². The number of benzene rings is 2. The maximum Gasteiger partial charge on any atom is 0.253 e. The molecule has 0 aliphatic carbocycles. The molecule has 5 rings (SSSR count). The van der Waals surface area contributed by atoms with E-state index in [1.807, 2.05) is 17.0 Å². The van der Waals surface area contributed by atoms with Crippen LogP contribution >= 0.6 is 0 Å². The summed E-state index contributed by atoms with van der Waals surface area (Å²) in [6, 6.07) is 12.0. The Labute approximate surface area is 201 Å². The molecule has 0 saturated carbocycles. The molecule has 0 unspecified atom stereocenters. The largest absolute Gasteiger partial charge is 0.488 e. The van der Waals surface area contributed by atoms with Gasteiger partial charge in [-0.3, -0.25) is 9.89 Å². The van der Waals surface area contributed by atoms with Crippen LogP contribution in [0.2, 0.25) is 0 Å². The summed E-state index contributed by atoms with van der Waals surface area (Å²) in [5, 5.41) is 11.9. The zero-order valence-electron chi connectivity index (χ0n) is 19.6. The first-order chi connectivity index (χ1) is 17.0. The van der Waals surface area contributed by atoms with E-state index >= 15 is 0 Å². The van der Waals surface area contributed by atoms with Crippen molar-refractivity contribution in [3.05, 3.63) is 53.8 Å². The van der Waals surface area contributed by atoms with E-state index in [0.717, 1.165) is 31.7 Å². The van der Waals surface area contributed by atoms with Crippen LogP contribution in [-0.2, 0) is 4.74 Å². The van der Waals surface area contributed by atoms with Crippen molar-refractivity contribution < 1.29 is 23.2 Å². The van der Waals surface area contributed by atoms with E-state index in [1.54, 1.807) is 31.4 Å². The standard InChI is InChI=1S/C25H26FN5O4/c1-30-7-9-31(10-8-30)25(32)17-5-3-16(4-6-17)20-14-23(35-29-20)24-18-13-19(26)22(34-12-11-33-2)15-21(18)27-28-24/h3-6,13-15H,7-12H2,1-2H3,(H,27,28). The van der Waals surface area contributed by atoms with Crippen molar-refractivity contribution in [1.82, 2.24) is 25.2 Å². The Morgan fingerprint density at radius 2 is 1.89 bits per heavy atom. The van der Waals surface area contributed by atoms with Crippen molar-refractivity contribution in [2.75, 3.05) is 53.6 Å². The van der Waals surface area contributed by atoms with Gasteiger partial charge in [0.25, 0.3) is 5.91 Å². The number of aromatic nitrogens is 3. The van der Waals surface area contributed by atoms with Crippen LogP contribution in [0.15, 0.2) is 47.0 Å². The van der Waals surface area contributed by atoms with Crippen molar-refractivity contribution in [1.29, 1.82) is 0 Å². The molecule has 9 nitrogen and oxygen atoms in total. The second-order valence-corrected chi connectivity index (χ2v) is 8.49. The molecule has 1 fully saturated rings. The van der Waals surface area contributed by atoms with Crippen LogP contribution in [0.5, 0.6) is 5.75 Å². The molecule has 0 bridgehead atoms. The highest BCUT2D eigenvalue weighted by molar-refractivity contribution is 5.95. The first-order valence-corrected chi connectivity index (χ1v) is 11.4. The number of halogens is 1. The number of ether oxygens (including phenoxy) is 2. The number of piperazine rings is 1. The minimum atomic E-state index is -0.503. The Morgan fingerprint density at radius 1 is 1.11 bits per heavy atom. The number of rotatable bonds is 7. The second kappa shape index (κ2) is 9.85. The average Bonchev–Trinajstić information content (AvgIpc) is 3.51. The van der Waals surface area contributed by atoms with Gasteiger partial charge in [0, 0.05) is 61.9 Å². The highest BCUT2D eigenvalue weighted by atomic mass is 19.1. The lowest BCUT2D eigenvalue weighted by atomic mass is 10.1. The first-order valence-electron chi connectivity index (χ1n) is 11.4. The number of amides is 1. The van der Waals surface area contributed by atoms with Gasteiger partial charge in [-0.15, -0.1) is 0 Å². The number of nitrogens with one attached hydrogen (secondary N) is 1. The van der Waals surface area contributed by atoms with Crippen molar-refractivity contribution in [3.8, 4) is 28.5 Å². The van der Waals surface area contributed by atoms with E-state index < -0.39 is 5.82 Å². The van der Waals surface area contributed by atoms with Crippen molar-refractivity contribution in [2.24, 2.45) is 0 Å². The third kappa shape index (κ3) is 4.75. The van der Waals surface area contributed by atoms with Gasteiger partial charge in [0.05, 0.1) is 12.1 Å². The van der Waals surface area contributed by atoms with E-state index in [1.165, 1.54) is 6.07 Å². The number of methoxy groups -OCH3 is 1. The van der Waals surface area contributed by atoms with Crippen LogP contribution < -0.4 is 4.74 Å². The minimum Gasteiger partial charge on any atom is -0.488 e. The molecule has 1 N–H and O–H groups in total. The number of carbonyl (C=O) groups is 1. The van der Waals surface area contributed by atoms with Gasteiger partial charge >= 0.3 is 0 Å². The normalized spacial score (nSPS) is 14.5. The lowest BCUT2D eigenvalue weighted by Crippen LogP contribution is -2.47. The highest BCUT2D eigenvalue weighted by Crippen LogP contribution is 2.33. The quantitative estimate of drug-likeness (QED) is 0.406. The molecule has 0 atom stereocenters. The summed E-state index contributed by atoms with van der Waals surface area (Å²) >= 11 is 0. The Bertz CT molecular complexity index is 1330. The fourth-order valence-corrected chi connectivity index (χ4v) is 4.05. The Balaban J connectivity index is 1.33. The van der Waals surface area contributed by atoms with Gasteiger partial charge < -0.3 is 23.8 Å².